The fraction of sp³-hybridized carbons (Fsp3) is 0.333. The minimum atomic E-state index is -3.65. The van der Waals surface area contributed by atoms with Crippen LogP contribution in [-0.2, 0) is 21.9 Å². The van der Waals surface area contributed by atoms with Crippen molar-refractivity contribution in [1.82, 2.24) is 14.1 Å². The van der Waals surface area contributed by atoms with Crippen molar-refractivity contribution in [2.75, 3.05) is 23.7 Å². The first-order valence-electron chi connectivity index (χ1n) is 14.5. The summed E-state index contributed by atoms with van der Waals surface area (Å²) in [5.74, 6) is 0.858. The molecular formula is C33H38ClN5O3S. The molecule has 2 amide bonds. The number of rotatable bonds is 7. The van der Waals surface area contributed by atoms with Crippen molar-refractivity contribution in [2.45, 2.75) is 57.3 Å². The van der Waals surface area contributed by atoms with Gasteiger partial charge >= 0.3 is 6.03 Å². The third-order valence-electron chi connectivity index (χ3n) is 7.80. The van der Waals surface area contributed by atoms with E-state index >= 15 is 0 Å². The molecule has 2 heterocycles. The van der Waals surface area contributed by atoms with Gasteiger partial charge in [-0.2, -0.15) is 9.40 Å². The van der Waals surface area contributed by atoms with E-state index in [0.717, 1.165) is 47.5 Å². The van der Waals surface area contributed by atoms with E-state index in [-0.39, 0.29) is 27.3 Å². The number of carbonyl (C=O) groups is 1. The molecular weight excluding hydrogens is 582 g/mol. The van der Waals surface area contributed by atoms with Gasteiger partial charge in [-0.25, -0.2) is 17.9 Å². The number of benzene rings is 3. The Morgan fingerprint density at radius 2 is 1.60 bits per heavy atom. The van der Waals surface area contributed by atoms with Crippen molar-refractivity contribution >= 4 is 39.2 Å². The van der Waals surface area contributed by atoms with E-state index in [4.69, 9.17) is 16.7 Å². The second-order valence-electron chi connectivity index (χ2n) is 12.1. The van der Waals surface area contributed by atoms with Crippen LogP contribution < -0.4 is 10.6 Å². The molecule has 0 bridgehead atoms. The van der Waals surface area contributed by atoms with Crippen molar-refractivity contribution in [3.05, 3.63) is 101 Å². The van der Waals surface area contributed by atoms with Crippen LogP contribution in [0.3, 0.4) is 0 Å². The Kier molecular flexibility index (Phi) is 8.96. The van der Waals surface area contributed by atoms with E-state index in [2.05, 4.69) is 31.4 Å². The van der Waals surface area contributed by atoms with Crippen molar-refractivity contribution in [3.63, 3.8) is 0 Å². The van der Waals surface area contributed by atoms with Gasteiger partial charge in [-0.15, -0.1) is 0 Å². The number of nitrogens with one attached hydrogen (secondary N) is 2. The van der Waals surface area contributed by atoms with Gasteiger partial charge in [-0.1, -0.05) is 80.4 Å². The first-order valence-corrected chi connectivity index (χ1v) is 16.3. The third kappa shape index (κ3) is 7.12. The number of halogens is 1. The van der Waals surface area contributed by atoms with Gasteiger partial charge < -0.3 is 5.32 Å². The molecule has 1 fully saturated rings. The maximum absolute atomic E-state index is 13.3. The van der Waals surface area contributed by atoms with Gasteiger partial charge in [-0.05, 0) is 68.0 Å². The Morgan fingerprint density at radius 3 is 2.28 bits per heavy atom. The number of piperidine rings is 1. The Labute approximate surface area is 259 Å². The number of hydrogen-bond acceptors (Lipinski definition) is 4. The smallest absolute Gasteiger partial charge is 0.307 e. The zero-order valence-corrected chi connectivity index (χ0v) is 26.5. The lowest BCUT2D eigenvalue weighted by Gasteiger charge is -2.31. The lowest BCUT2D eigenvalue weighted by atomic mass is 9.90. The Hall–Kier alpha value is -3.66. The summed E-state index contributed by atoms with van der Waals surface area (Å²) in [6, 6.07) is 23.9. The summed E-state index contributed by atoms with van der Waals surface area (Å²) in [6.07, 6.45) is 2.16. The fourth-order valence-electron chi connectivity index (χ4n) is 5.27. The van der Waals surface area contributed by atoms with Crippen LogP contribution in [-0.4, -0.2) is 41.6 Å². The quantitative estimate of drug-likeness (QED) is 0.225. The molecule has 4 aromatic rings. The number of amides is 2. The van der Waals surface area contributed by atoms with Crippen LogP contribution in [0.25, 0.3) is 5.69 Å². The molecule has 0 saturated carbocycles. The standard InChI is InChI=1S/C33H38ClN5O3S/c1-23-13-15-26(16-14-23)39-31(22-30(37-39)33(2,3)4)36-32(40)35-28-11-7-5-9-25(28)21-24-17-19-38(20-18-24)43(41,42)29-12-8-6-10-27(29)34/h5-16,22,24H,17-21H2,1-4H3,(H2,35,36,40). The molecule has 2 N–H and O–H groups in total. The lowest BCUT2D eigenvalue weighted by Crippen LogP contribution is -2.39. The van der Waals surface area contributed by atoms with Crippen molar-refractivity contribution in [3.8, 4) is 5.69 Å². The summed E-state index contributed by atoms with van der Waals surface area (Å²) in [7, 11) is -3.65. The van der Waals surface area contributed by atoms with Crippen LogP contribution in [0.15, 0.2) is 83.8 Å². The zero-order valence-electron chi connectivity index (χ0n) is 25.0. The SMILES string of the molecule is Cc1ccc(-n2nc(C(C)(C)C)cc2NC(=O)Nc2ccccc2CC2CCN(S(=O)(=O)c3ccccc3Cl)CC2)cc1. The average molecular weight is 620 g/mol. The second-order valence-corrected chi connectivity index (χ2v) is 14.4. The number of aryl methyl sites for hydroxylation is 1. The summed E-state index contributed by atoms with van der Waals surface area (Å²) < 4.78 is 29.6. The number of aromatic nitrogens is 2. The number of sulfonamides is 1. The minimum absolute atomic E-state index is 0.147. The lowest BCUT2D eigenvalue weighted by molar-refractivity contribution is 0.261. The highest BCUT2D eigenvalue weighted by Gasteiger charge is 2.31. The highest BCUT2D eigenvalue weighted by Crippen LogP contribution is 2.31. The minimum Gasteiger partial charge on any atom is -0.307 e. The molecule has 0 radical (unpaired) electrons. The Morgan fingerprint density at radius 1 is 0.953 bits per heavy atom. The number of urea groups is 1. The van der Waals surface area contributed by atoms with Crippen LogP contribution in [0.2, 0.25) is 5.02 Å². The van der Waals surface area contributed by atoms with Crippen molar-refractivity contribution < 1.29 is 13.2 Å². The summed E-state index contributed by atoms with van der Waals surface area (Å²) in [5, 5.41) is 11.1. The summed E-state index contributed by atoms with van der Waals surface area (Å²) in [4.78, 5) is 13.4. The molecule has 8 nitrogen and oxygen atoms in total. The maximum Gasteiger partial charge on any atom is 0.324 e. The number of nitrogens with zero attached hydrogens (tertiary/aromatic N) is 3. The van der Waals surface area contributed by atoms with E-state index in [0.29, 0.717) is 18.9 Å². The Bertz CT molecular complexity index is 1700. The van der Waals surface area contributed by atoms with Gasteiger partial charge in [0.05, 0.1) is 16.4 Å². The van der Waals surface area contributed by atoms with Crippen LogP contribution in [0.5, 0.6) is 0 Å². The Balaban J connectivity index is 1.26. The number of carbonyl (C=O) groups excluding carboxylic acids is 1. The number of hydrogen-bond donors (Lipinski definition) is 2. The average Bonchev–Trinajstić information content (AvgIpc) is 3.39. The fourth-order valence-corrected chi connectivity index (χ4v) is 7.23. The predicted octanol–water partition coefficient (Wildman–Crippen LogP) is 7.42. The number of para-hydroxylation sites is 1. The molecule has 5 rings (SSSR count). The predicted molar refractivity (Wildman–Crippen MR) is 173 cm³/mol. The van der Waals surface area contributed by atoms with Crippen LogP contribution in [0.4, 0.5) is 16.3 Å². The molecule has 0 spiro atoms. The highest BCUT2D eigenvalue weighted by atomic mass is 35.5. The topological polar surface area (TPSA) is 96.3 Å². The van der Waals surface area contributed by atoms with Gasteiger partial charge in [0.1, 0.15) is 10.7 Å². The highest BCUT2D eigenvalue weighted by molar-refractivity contribution is 7.89. The zero-order chi connectivity index (χ0) is 30.8. The molecule has 43 heavy (non-hydrogen) atoms. The van der Waals surface area contributed by atoms with E-state index in [1.807, 2.05) is 61.5 Å². The van der Waals surface area contributed by atoms with Crippen LogP contribution in [0, 0.1) is 12.8 Å². The van der Waals surface area contributed by atoms with E-state index in [9.17, 15) is 13.2 Å². The third-order valence-corrected chi connectivity index (χ3v) is 10.2. The van der Waals surface area contributed by atoms with Gasteiger partial charge in [0.15, 0.2) is 0 Å². The molecule has 0 aliphatic carbocycles. The summed E-state index contributed by atoms with van der Waals surface area (Å²) in [6.45, 7) is 9.15. The molecule has 0 unspecified atom stereocenters. The van der Waals surface area contributed by atoms with E-state index < -0.39 is 10.0 Å². The first-order chi connectivity index (χ1) is 20.4. The van der Waals surface area contributed by atoms with Crippen molar-refractivity contribution in [2.24, 2.45) is 5.92 Å². The van der Waals surface area contributed by atoms with E-state index in [1.54, 1.807) is 28.9 Å². The molecule has 10 heteroatoms. The molecule has 226 valence electrons. The normalized spacial score (nSPS) is 14.9. The number of anilines is 2. The molecule has 1 aromatic heterocycles. The van der Waals surface area contributed by atoms with Crippen molar-refractivity contribution in [1.29, 1.82) is 0 Å². The molecule has 3 aromatic carbocycles. The van der Waals surface area contributed by atoms with E-state index in [1.165, 1.54) is 4.31 Å². The van der Waals surface area contributed by atoms with Gasteiger partial charge in [0.2, 0.25) is 10.0 Å². The second kappa shape index (κ2) is 12.5. The van der Waals surface area contributed by atoms with Crippen LogP contribution in [0.1, 0.15) is 50.4 Å². The monoisotopic (exact) mass is 619 g/mol. The largest absolute Gasteiger partial charge is 0.324 e. The van der Waals surface area contributed by atoms with Gasteiger partial charge in [0.25, 0.3) is 0 Å². The summed E-state index contributed by atoms with van der Waals surface area (Å²) >= 11 is 6.19. The van der Waals surface area contributed by atoms with Gasteiger partial charge in [-0.3, -0.25) is 5.32 Å². The van der Waals surface area contributed by atoms with Gasteiger partial charge in [0, 0.05) is 30.3 Å². The molecule has 1 aliphatic heterocycles. The molecule has 0 atom stereocenters. The first kappa shape index (κ1) is 30.8. The summed E-state index contributed by atoms with van der Waals surface area (Å²) in [5.41, 5.74) is 4.41. The molecule has 1 aliphatic rings. The maximum atomic E-state index is 13.3. The van der Waals surface area contributed by atoms with Crippen LogP contribution >= 0.6 is 11.6 Å². The molecule has 1 saturated heterocycles.